The standard InChI is InChI=1S/C20H17F6N3O5S/c21-19(22,23)12-27-18(30)33-17-3-1-2-16(28-17)13-8-10-29(11-9-13)35(31,32)15-6-4-14(5-7-15)34-20(24,25)26/h1-8H,9-12H2,(H,27,30). The van der Waals surface area contributed by atoms with Crippen LogP contribution in [0.15, 0.2) is 53.4 Å². The number of carbonyl (C=O) groups is 1. The summed E-state index contributed by atoms with van der Waals surface area (Å²) in [6.45, 7) is -1.62. The lowest BCUT2D eigenvalue weighted by molar-refractivity contribution is -0.274. The maximum atomic E-state index is 12.8. The number of alkyl halides is 6. The zero-order valence-electron chi connectivity index (χ0n) is 17.6. The van der Waals surface area contributed by atoms with Crippen molar-refractivity contribution in [2.45, 2.75) is 23.9 Å². The van der Waals surface area contributed by atoms with Crippen LogP contribution >= 0.6 is 0 Å². The number of amides is 1. The molecular formula is C20H17F6N3O5S. The normalized spacial score (nSPS) is 15.3. The molecule has 1 aromatic carbocycles. The van der Waals surface area contributed by atoms with E-state index >= 15 is 0 Å². The Kier molecular flexibility index (Phi) is 7.59. The molecule has 0 atom stereocenters. The van der Waals surface area contributed by atoms with Crippen LogP contribution in [-0.4, -0.2) is 56.0 Å². The van der Waals surface area contributed by atoms with Crippen molar-refractivity contribution in [2.24, 2.45) is 0 Å². The summed E-state index contributed by atoms with van der Waals surface area (Å²) < 4.78 is 109. The highest BCUT2D eigenvalue weighted by Crippen LogP contribution is 2.28. The van der Waals surface area contributed by atoms with Gasteiger partial charge in [0, 0.05) is 19.2 Å². The van der Waals surface area contributed by atoms with Crippen molar-refractivity contribution < 1.29 is 49.0 Å². The minimum atomic E-state index is -4.91. The smallest absolute Gasteiger partial charge is 0.406 e. The number of rotatable bonds is 6. The van der Waals surface area contributed by atoms with Crippen LogP contribution in [0.3, 0.4) is 0 Å². The Hall–Kier alpha value is -3.33. The molecule has 0 saturated heterocycles. The molecule has 2 aromatic rings. The minimum absolute atomic E-state index is 0.0216. The number of benzene rings is 1. The fourth-order valence-corrected chi connectivity index (χ4v) is 4.40. The molecule has 0 bridgehead atoms. The first-order valence-corrected chi connectivity index (χ1v) is 11.2. The van der Waals surface area contributed by atoms with E-state index in [-0.39, 0.29) is 30.3 Å². The fraction of sp³-hybridized carbons (Fsp3) is 0.300. The van der Waals surface area contributed by atoms with E-state index in [0.29, 0.717) is 11.3 Å². The monoisotopic (exact) mass is 525 g/mol. The second-order valence-corrected chi connectivity index (χ2v) is 9.02. The van der Waals surface area contributed by atoms with Crippen molar-refractivity contribution in [1.29, 1.82) is 0 Å². The molecule has 0 fully saturated rings. The van der Waals surface area contributed by atoms with Gasteiger partial charge in [-0.25, -0.2) is 18.2 Å². The number of hydrogen-bond acceptors (Lipinski definition) is 6. The van der Waals surface area contributed by atoms with Gasteiger partial charge in [-0.3, -0.25) is 0 Å². The van der Waals surface area contributed by atoms with Gasteiger partial charge in [0.2, 0.25) is 15.9 Å². The van der Waals surface area contributed by atoms with E-state index in [2.05, 4.69) is 9.72 Å². The van der Waals surface area contributed by atoms with E-state index in [0.717, 1.165) is 28.6 Å². The lowest BCUT2D eigenvalue weighted by Gasteiger charge is -2.25. The summed E-state index contributed by atoms with van der Waals surface area (Å²) >= 11 is 0. The van der Waals surface area contributed by atoms with Crippen molar-refractivity contribution >= 4 is 21.7 Å². The van der Waals surface area contributed by atoms with Gasteiger partial charge in [0.25, 0.3) is 0 Å². The van der Waals surface area contributed by atoms with Gasteiger partial charge in [0.05, 0.1) is 10.6 Å². The molecule has 0 saturated carbocycles. The van der Waals surface area contributed by atoms with E-state index in [1.165, 1.54) is 12.1 Å². The van der Waals surface area contributed by atoms with E-state index in [4.69, 9.17) is 4.74 Å². The number of nitrogens with one attached hydrogen (secondary N) is 1. The molecule has 190 valence electrons. The van der Waals surface area contributed by atoms with Gasteiger partial charge in [-0.15, -0.1) is 13.2 Å². The molecule has 8 nitrogen and oxygen atoms in total. The zero-order valence-corrected chi connectivity index (χ0v) is 18.4. The highest BCUT2D eigenvalue weighted by molar-refractivity contribution is 7.89. The van der Waals surface area contributed by atoms with Crippen LogP contribution in [0.5, 0.6) is 11.6 Å². The number of nitrogens with zero attached hydrogens (tertiary/aromatic N) is 2. The fourth-order valence-electron chi connectivity index (χ4n) is 3.02. The molecular weight excluding hydrogens is 508 g/mol. The van der Waals surface area contributed by atoms with Gasteiger partial charge in [-0.1, -0.05) is 12.1 Å². The van der Waals surface area contributed by atoms with Gasteiger partial charge in [0.15, 0.2) is 0 Å². The lowest BCUT2D eigenvalue weighted by atomic mass is 10.1. The third-order valence-corrected chi connectivity index (χ3v) is 6.43. The zero-order chi connectivity index (χ0) is 25.9. The second kappa shape index (κ2) is 10.1. The van der Waals surface area contributed by atoms with Crippen LogP contribution < -0.4 is 14.8 Å². The van der Waals surface area contributed by atoms with E-state index < -0.39 is 40.9 Å². The Labute approximate surface area is 195 Å². The molecule has 0 radical (unpaired) electrons. The molecule has 1 amide bonds. The summed E-state index contributed by atoms with van der Waals surface area (Å²) in [5, 5.41) is 1.54. The van der Waals surface area contributed by atoms with E-state index in [9.17, 15) is 39.6 Å². The molecule has 2 heterocycles. The SMILES string of the molecule is O=C(NCC(F)(F)F)Oc1cccc(C2=CCN(S(=O)(=O)c3ccc(OC(F)(F)F)cc3)CC2)n1. The van der Waals surface area contributed by atoms with Crippen LogP contribution in [0, 0.1) is 0 Å². The first kappa shape index (κ1) is 26.3. The molecule has 0 unspecified atom stereocenters. The van der Waals surface area contributed by atoms with E-state index in [1.807, 2.05) is 0 Å². The Morgan fingerprint density at radius 1 is 1.06 bits per heavy atom. The van der Waals surface area contributed by atoms with Crippen molar-refractivity contribution in [3.63, 3.8) is 0 Å². The van der Waals surface area contributed by atoms with Crippen LogP contribution in [0.2, 0.25) is 0 Å². The van der Waals surface area contributed by atoms with Crippen molar-refractivity contribution in [3.05, 3.63) is 54.2 Å². The third-order valence-electron chi connectivity index (χ3n) is 4.55. The first-order chi connectivity index (χ1) is 16.2. The van der Waals surface area contributed by atoms with Gasteiger partial charge < -0.3 is 14.8 Å². The number of aromatic nitrogens is 1. The Bertz CT molecular complexity index is 1200. The van der Waals surface area contributed by atoms with Gasteiger partial charge in [-0.2, -0.15) is 17.5 Å². The summed E-state index contributed by atoms with van der Waals surface area (Å²) in [4.78, 5) is 15.3. The third kappa shape index (κ3) is 7.58. The quantitative estimate of drug-likeness (QED) is 0.571. The van der Waals surface area contributed by atoms with Crippen molar-refractivity contribution in [3.8, 4) is 11.6 Å². The van der Waals surface area contributed by atoms with Gasteiger partial charge in [0.1, 0.15) is 12.3 Å². The maximum Gasteiger partial charge on any atom is 0.573 e. The Balaban J connectivity index is 1.65. The number of sulfonamides is 1. The predicted molar refractivity (Wildman–Crippen MR) is 109 cm³/mol. The summed E-state index contributed by atoms with van der Waals surface area (Å²) in [7, 11) is -4.01. The second-order valence-electron chi connectivity index (χ2n) is 7.08. The van der Waals surface area contributed by atoms with Gasteiger partial charge in [-0.05, 0) is 42.3 Å². The molecule has 3 rings (SSSR count). The summed E-state index contributed by atoms with van der Waals surface area (Å²) in [5.74, 6) is -0.808. The average Bonchev–Trinajstić information content (AvgIpc) is 2.77. The van der Waals surface area contributed by atoms with Crippen LogP contribution in [0.1, 0.15) is 12.1 Å². The largest absolute Gasteiger partial charge is 0.573 e. The highest BCUT2D eigenvalue weighted by atomic mass is 32.2. The number of pyridine rings is 1. The molecule has 0 aliphatic carbocycles. The first-order valence-electron chi connectivity index (χ1n) is 9.78. The number of carbonyl (C=O) groups excluding carboxylic acids is 1. The van der Waals surface area contributed by atoms with E-state index in [1.54, 1.807) is 17.5 Å². The van der Waals surface area contributed by atoms with Crippen LogP contribution in [0.4, 0.5) is 31.1 Å². The number of hydrogen-bond donors (Lipinski definition) is 1. The summed E-state index contributed by atoms with van der Waals surface area (Å²) in [6.07, 6.45) is -9.10. The molecule has 15 heteroatoms. The van der Waals surface area contributed by atoms with Gasteiger partial charge >= 0.3 is 18.6 Å². The summed E-state index contributed by atoms with van der Waals surface area (Å²) in [6, 6.07) is 8.07. The molecule has 0 spiro atoms. The number of halogens is 6. The van der Waals surface area contributed by atoms with Crippen LogP contribution in [0.25, 0.3) is 5.57 Å². The Morgan fingerprint density at radius 2 is 1.74 bits per heavy atom. The molecule has 35 heavy (non-hydrogen) atoms. The van der Waals surface area contributed by atoms with Crippen molar-refractivity contribution in [2.75, 3.05) is 19.6 Å². The minimum Gasteiger partial charge on any atom is -0.406 e. The number of ether oxygens (including phenoxy) is 2. The van der Waals surface area contributed by atoms with Crippen molar-refractivity contribution in [1.82, 2.24) is 14.6 Å². The maximum absolute atomic E-state index is 12.8. The molecule has 1 aliphatic rings. The van der Waals surface area contributed by atoms with Crippen LogP contribution in [-0.2, 0) is 10.0 Å². The summed E-state index contributed by atoms with van der Waals surface area (Å²) in [5.41, 5.74) is 0.934. The molecule has 1 aromatic heterocycles. The highest BCUT2D eigenvalue weighted by Gasteiger charge is 2.32. The lowest BCUT2D eigenvalue weighted by Crippen LogP contribution is -2.35. The Morgan fingerprint density at radius 3 is 2.31 bits per heavy atom. The molecule has 1 N–H and O–H groups in total. The average molecular weight is 525 g/mol. The molecule has 1 aliphatic heterocycles. The topological polar surface area (TPSA) is 97.8 Å². The predicted octanol–water partition coefficient (Wildman–Crippen LogP) is 4.11.